The molecule has 0 unspecified atom stereocenters. The molecule has 0 radical (unpaired) electrons. The first-order valence-corrected chi connectivity index (χ1v) is 8.72. The van der Waals surface area contributed by atoms with Crippen molar-refractivity contribution in [3.8, 4) is 0 Å². The summed E-state index contributed by atoms with van der Waals surface area (Å²) in [5.41, 5.74) is 0.293. The average Bonchev–Trinajstić information content (AvgIpc) is 3.01. The lowest BCUT2D eigenvalue weighted by Gasteiger charge is -2.31. The summed E-state index contributed by atoms with van der Waals surface area (Å²) in [6, 6.07) is 5.68. The van der Waals surface area contributed by atoms with Gasteiger partial charge < -0.3 is 14.7 Å². The maximum absolute atomic E-state index is 13.4. The molecular formula is C17H17BrFN3O3. The van der Waals surface area contributed by atoms with Crippen LogP contribution in [0.25, 0.3) is 0 Å². The van der Waals surface area contributed by atoms with Crippen molar-refractivity contribution in [3.63, 3.8) is 0 Å². The molecule has 2 aromatic rings. The van der Waals surface area contributed by atoms with E-state index in [0.717, 1.165) is 0 Å². The van der Waals surface area contributed by atoms with E-state index in [1.165, 1.54) is 18.2 Å². The fourth-order valence-electron chi connectivity index (χ4n) is 2.83. The number of likely N-dealkylation sites (tertiary alicyclic amines) is 1. The first-order valence-electron chi connectivity index (χ1n) is 7.92. The fourth-order valence-corrected chi connectivity index (χ4v) is 3.25. The van der Waals surface area contributed by atoms with Gasteiger partial charge in [-0.25, -0.2) is 4.39 Å². The summed E-state index contributed by atoms with van der Waals surface area (Å²) >= 11 is 3.28. The number of carbonyl (C=O) groups is 2. The minimum Gasteiger partial charge on any atom is -0.360 e. The summed E-state index contributed by atoms with van der Waals surface area (Å²) in [6.45, 7) is 2.63. The van der Waals surface area contributed by atoms with Crippen molar-refractivity contribution in [3.05, 3.63) is 45.9 Å². The van der Waals surface area contributed by atoms with Gasteiger partial charge in [-0.1, -0.05) is 5.16 Å². The molecule has 1 aliphatic heterocycles. The summed E-state index contributed by atoms with van der Waals surface area (Å²) in [6.07, 6.45) is 1.09. The van der Waals surface area contributed by atoms with Crippen LogP contribution in [0.15, 0.2) is 33.3 Å². The van der Waals surface area contributed by atoms with Gasteiger partial charge in [0.05, 0.1) is 5.56 Å². The maximum Gasteiger partial charge on any atom is 0.255 e. The van der Waals surface area contributed by atoms with Gasteiger partial charge in [-0.05, 0) is 53.9 Å². The Hall–Kier alpha value is -2.22. The fraction of sp³-hybridized carbons (Fsp3) is 0.353. The lowest BCUT2D eigenvalue weighted by molar-refractivity contribution is -0.121. The SMILES string of the molecule is Cc1cc(NC(=O)C2CCN(C(=O)c3cc(F)ccc3Br)CC2)no1. The third kappa shape index (κ3) is 4.07. The molecule has 1 aromatic carbocycles. The Labute approximate surface area is 152 Å². The first kappa shape index (κ1) is 17.6. The molecule has 1 aliphatic rings. The number of carbonyl (C=O) groups excluding carboxylic acids is 2. The van der Waals surface area contributed by atoms with E-state index in [0.29, 0.717) is 47.5 Å². The summed E-state index contributed by atoms with van der Waals surface area (Å²) in [5, 5.41) is 6.46. The third-order valence-corrected chi connectivity index (χ3v) is 4.88. The lowest BCUT2D eigenvalue weighted by Crippen LogP contribution is -2.41. The van der Waals surface area contributed by atoms with Crippen LogP contribution < -0.4 is 5.32 Å². The molecule has 0 saturated carbocycles. The van der Waals surface area contributed by atoms with Gasteiger partial charge in [0.2, 0.25) is 5.91 Å². The third-order valence-electron chi connectivity index (χ3n) is 4.19. The number of rotatable bonds is 3. The zero-order chi connectivity index (χ0) is 18.0. The normalized spacial score (nSPS) is 15.2. The highest BCUT2D eigenvalue weighted by atomic mass is 79.9. The van der Waals surface area contributed by atoms with Gasteiger partial charge in [-0.2, -0.15) is 0 Å². The number of aromatic nitrogens is 1. The van der Waals surface area contributed by atoms with Gasteiger partial charge in [0.25, 0.3) is 5.91 Å². The highest BCUT2D eigenvalue weighted by molar-refractivity contribution is 9.10. The van der Waals surface area contributed by atoms with Crippen LogP contribution in [-0.4, -0.2) is 35.0 Å². The van der Waals surface area contributed by atoms with Gasteiger partial charge in [0, 0.05) is 29.5 Å². The lowest BCUT2D eigenvalue weighted by atomic mass is 9.95. The minimum atomic E-state index is -0.455. The van der Waals surface area contributed by atoms with Gasteiger partial charge in [-0.15, -0.1) is 0 Å². The van der Waals surface area contributed by atoms with Gasteiger partial charge >= 0.3 is 0 Å². The monoisotopic (exact) mass is 409 g/mol. The predicted octanol–water partition coefficient (Wildman–Crippen LogP) is 3.38. The van der Waals surface area contributed by atoms with Crippen LogP contribution >= 0.6 is 15.9 Å². The molecule has 2 heterocycles. The number of amides is 2. The molecule has 1 N–H and O–H groups in total. The van der Waals surface area contributed by atoms with E-state index in [-0.39, 0.29) is 17.7 Å². The molecule has 1 saturated heterocycles. The van der Waals surface area contributed by atoms with Crippen molar-refractivity contribution < 1.29 is 18.5 Å². The van der Waals surface area contributed by atoms with Gasteiger partial charge in [0.15, 0.2) is 5.82 Å². The van der Waals surface area contributed by atoms with Crippen LogP contribution in [0.5, 0.6) is 0 Å². The van der Waals surface area contributed by atoms with E-state index in [1.807, 2.05) is 0 Å². The van der Waals surface area contributed by atoms with Crippen LogP contribution in [0, 0.1) is 18.7 Å². The number of benzene rings is 1. The number of hydrogen-bond donors (Lipinski definition) is 1. The van der Waals surface area contributed by atoms with Crippen molar-refractivity contribution >= 4 is 33.6 Å². The number of piperidine rings is 1. The molecule has 1 fully saturated rings. The zero-order valence-corrected chi connectivity index (χ0v) is 15.2. The summed E-state index contributed by atoms with van der Waals surface area (Å²) in [5.74, 6) is -0.00787. The van der Waals surface area contributed by atoms with Crippen LogP contribution in [0.2, 0.25) is 0 Å². The van der Waals surface area contributed by atoms with E-state index in [2.05, 4.69) is 26.4 Å². The van der Waals surface area contributed by atoms with Gasteiger partial charge in [0.1, 0.15) is 11.6 Å². The van der Waals surface area contributed by atoms with E-state index in [9.17, 15) is 14.0 Å². The zero-order valence-electron chi connectivity index (χ0n) is 13.6. The molecule has 3 rings (SSSR count). The van der Waals surface area contributed by atoms with Crippen molar-refractivity contribution in [2.45, 2.75) is 19.8 Å². The highest BCUT2D eigenvalue weighted by Gasteiger charge is 2.29. The van der Waals surface area contributed by atoms with E-state index < -0.39 is 5.82 Å². The summed E-state index contributed by atoms with van der Waals surface area (Å²) in [7, 11) is 0. The van der Waals surface area contributed by atoms with Crippen molar-refractivity contribution in [2.24, 2.45) is 5.92 Å². The minimum absolute atomic E-state index is 0.132. The Bertz CT molecular complexity index is 800. The number of anilines is 1. The Balaban J connectivity index is 1.58. The van der Waals surface area contributed by atoms with E-state index in [1.54, 1.807) is 17.9 Å². The van der Waals surface area contributed by atoms with Crippen LogP contribution in [-0.2, 0) is 4.79 Å². The Kier molecular flexibility index (Phi) is 5.17. The van der Waals surface area contributed by atoms with Gasteiger partial charge in [-0.3, -0.25) is 9.59 Å². The number of hydrogen-bond acceptors (Lipinski definition) is 4. The highest BCUT2D eigenvalue weighted by Crippen LogP contribution is 2.24. The Morgan fingerprint density at radius 1 is 1.32 bits per heavy atom. The second-order valence-corrected chi connectivity index (χ2v) is 6.86. The molecule has 8 heteroatoms. The molecule has 0 bridgehead atoms. The molecule has 25 heavy (non-hydrogen) atoms. The number of halogens is 2. The standard InChI is InChI=1S/C17H17BrFN3O3/c1-10-8-15(21-25-10)20-16(23)11-4-6-22(7-5-11)17(24)13-9-12(19)2-3-14(13)18/h2-3,8-9,11H,4-7H2,1H3,(H,20,21,23). The maximum atomic E-state index is 13.4. The first-order chi connectivity index (χ1) is 11.9. The molecule has 2 amide bonds. The number of aryl methyl sites for hydroxylation is 1. The van der Waals surface area contributed by atoms with Crippen LogP contribution in [0.1, 0.15) is 29.0 Å². The second kappa shape index (κ2) is 7.35. The second-order valence-electron chi connectivity index (χ2n) is 6.00. The molecule has 0 atom stereocenters. The smallest absolute Gasteiger partial charge is 0.255 e. The average molecular weight is 410 g/mol. The topological polar surface area (TPSA) is 75.4 Å². The molecule has 0 spiro atoms. The van der Waals surface area contributed by atoms with Crippen LogP contribution in [0.4, 0.5) is 10.2 Å². The summed E-state index contributed by atoms with van der Waals surface area (Å²) < 4.78 is 18.9. The molecule has 1 aromatic heterocycles. The predicted molar refractivity (Wildman–Crippen MR) is 92.6 cm³/mol. The number of nitrogens with one attached hydrogen (secondary N) is 1. The van der Waals surface area contributed by atoms with Crippen molar-refractivity contribution in [2.75, 3.05) is 18.4 Å². The molecule has 132 valence electrons. The largest absolute Gasteiger partial charge is 0.360 e. The van der Waals surface area contributed by atoms with E-state index in [4.69, 9.17) is 4.52 Å². The molecular weight excluding hydrogens is 393 g/mol. The summed E-state index contributed by atoms with van der Waals surface area (Å²) in [4.78, 5) is 26.5. The van der Waals surface area contributed by atoms with Crippen molar-refractivity contribution in [1.29, 1.82) is 0 Å². The van der Waals surface area contributed by atoms with Crippen molar-refractivity contribution in [1.82, 2.24) is 10.1 Å². The quantitative estimate of drug-likeness (QED) is 0.842. The number of nitrogens with zero attached hydrogens (tertiary/aromatic N) is 2. The Morgan fingerprint density at radius 3 is 2.68 bits per heavy atom. The Morgan fingerprint density at radius 2 is 2.04 bits per heavy atom. The molecule has 6 nitrogen and oxygen atoms in total. The van der Waals surface area contributed by atoms with Crippen LogP contribution in [0.3, 0.4) is 0 Å². The van der Waals surface area contributed by atoms with E-state index >= 15 is 0 Å². The molecule has 0 aliphatic carbocycles.